The second kappa shape index (κ2) is 4.37. The Kier molecular flexibility index (Phi) is 2.93. The van der Waals surface area contributed by atoms with E-state index < -0.39 is 5.97 Å². The van der Waals surface area contributed by atoms with Gasteiger partial charge in [0, 0.05) is 0 Å². The fourth-order valence-electron chi connectivity index (χ4n) is 1.44. The summed E-state index contributed by atoms with van der Waals surface area (Å²) in [4.78, 5) is 10.8. The van der Waals surface area contributed by atoms with E-state index in [1.807, 2.05) is 18.2 Å². The molecule has 0 heterocycles. The summed E-state index contributed by atoms with van der Waals surface area (Å²) in [5.74, 6) is -1.02. The lowest BCUT2D eigenvalue weighted by Crippen LogP contribution is -1.97. The second-order valence-electron chi connectivity index (χ2n) is 3.29. The van der Waals surface area contributed by atoms with Gasteiger partial charge >= 0.3 is 5.97 Å². The third kappa shape index (κ3) is 2.07. The molecule has 79 valence electrons. The quantitative estimate of drug-likeness (QED) is 0.859. The van der Waals surface area contributed by atoms with Crippen LogP contribution >= 0.6 is 11.6 Å². The number of carboxylic acids is 1. The Morgan fingerprint density at radius 1 is 1.25 bits per heavy atom. The highest BCUT2D eigenvalue weighted by atomic mass is 35.5. The van der Waals surface area contributed by atoms with Gasteiger partial charge in [-0.3, -0.25) is 0 Å². The van der Waals surface area contributed by atoms with Crippen molar-refractivity contribution in [3.8, 4) is 11.1 Å². The smallest absolute Gasteiger partial charge is 0.337 e. The van der Waals surface area contributed by atoms with E-state index in [0.717, 1.165) is 11.1 Å². The van der Waals surface area contributed by atoms with Gasteiger partial charge in [-0.25, -0.2) is 4.79 Å². The van der Waals surface area contributed by atoms with E-state index in [-0.39, 0.29) is 10.6 Å². The van der Waals surface area contributed by atoms with Crippen LogP contribution in [0.1, 0.15) is 10.4 Å². The minimum atomic E-state index is -1.02. The molecule has 0 unspecified atom stereocenters. The van der Waals surface area contributed by atoms with E-state index in [0.29, 0.717) is 0 Å². The van der Waals surface area contributed by atoms with Gasteiger partial charge in [-0.05, 0) is 35.4 Å². The first-order valence-electron chi connectivity index (χ1n) is 4.68. The van der Waals surface area contributed by atoms with Crippen molar-refractivity contribution in [1.82, 2.24) is 0 Å². The van der Waals surface area contributed by atoms with Crippen LogP contribution < -0.4 is 0 Å². The van der Waals surface area contributed by atoms with E-state index in [1.165, 1.54) is 6.07 Å². The Bertz CT molecular complexity index is 521. The minimum Gasteiger partial charge on any atom is -0.478 e. The molecule has 2 nitrogen and oxygen atoms in total. The molecular weight excluding hydrogens is 224 g/mol. The predicted molar refractivity (Wildman–Crippen MR) is 62.7 cm³/mol. The standard InChI is InChI=1S/C13H8ClO2/c14-12-8-10(6-7-11(12)13(15)16)9-4-2-1-3-5-9/h1-2,4-8H,(H,15,16). The summed E-state index contributed by atoms with van der Waals surface area (Å²) in [5, 5.41) is 9.08. The molecule has 0 aliphatic rings. The van der Waals surface area contributed by atoms with Crippen LogP contribution in [0.3, 0.4) is 0 Å². The largest absolute Gasteiger partial charge is 0.478 e. The van der Waals surface area contributed by atoms with Crippen LogP contribution in [0.15, 0.2) is 42.5 Å². The summed E-state index contributed by atoms with van der Waals surface area (Å²) in [5.41, 5.74) is 1.96. The first-order chi connectivity index (χ1) is 7.68. The highest BCUT2D eigenvalue weighted by Crippen LogP contribution is 2.25. The Balaban J connectivity index is 2.46. The van der Waals surface area contributed by atoms with Gasteiger partial charge in [0.25, 0.3) is 0 Å². The molecule has 1 N–H and O–H groups in total. The topological polar surface area (TPSA) is 37.3 Å². The molecule has 3 heteroatoms. The van der Waals surface area contributed by atoms with Crippen LogP contribution in [0, 0.1) is 6.07 Å². The number of carboxylic acid groups (broad SMARTS) is 1. The van der Waals surface area contributed by atoms with Gasteiger partial charge in [-0.1, -0.05) is 35.9 Å². The molecule has 0 aliphatic heterocycles. The maximum absolute atomic E-state index is 10.8. The van der Waals surface area contributed by atoms with Crippen LogP contribution in [-0.4, -0.2) is 11.1 Å². The zero-order chi connectivity index (χ0) is 11.5. The second-order valence-corrected chi connectivity index (χ2v) is 3.70. The van der Waals surface area contributed by atoms with E-state index >= 15 is 0 Å². The summed E-state index contributed by atoms with van der Waals surface area (Å²) >= 11 is 5.88. The highest BCUT2D eigenvalue weighted by molar-refractivity contribution is 6.33. The number of halogens is 1. The molecule has 0 atom stereocenters. The first-order valence-corrected chi connectivity index (χ1v) is 5.05. The number of hydrogen-bond acceptors (Lipinski definition) is 1. The SMILES string of the molecule is O=C(O)c1ccc(-c2c[c]ccc2)cc1Cl. The molecule has 0 amide bonds. The summed E-state index contributed by atoms with van der Waals surface area (Å²) in [6.07, 6.45) is 0. The number of carbonyl (C=O) groups is 1. The van der Waals surface area contributed by atoms with Gasteiger partial charge in [0.2, 0.25) is 0 Å². The average molecular weight is 232 g/mol. The van der Waals surface area contributed by atoms with Gasteiger partial charge in [-0.15, -0.1) is 0 Å². The minimum absolute atomic E-state index is 0.116. The summed E-state index contributed by atoms with van der Waals surface area (Å²) in [6.45, 7) is 0. The lowest BCUT2D eigenvalue weighted by Gasteiger charge is -2.04. The maximum Gasteiger partial charge on any atom is 0.337 e. The van der Waals surface area contributed by atoms with Gasteiger partial charge in [-0.2, -0.15) is 0 Å². The molecule has 0 aliphatic carbocycles. The summed E-state index contributed by atoms with van der Waals surface area (Å²) in [7, 11) is 0. The van der Waals surface area contributed by atoms with E-state index in [9.17, 15) is 4.79 Å². The van der Waals surface area contributed by atoms with Crippen molar-refractivity contribution in [2.24, 2.45) is 0 Å². The van der Waals surface area contributed by atoms with Crippen LogP contribution in [0.5, 0.6) is 0 Å². The third-order valence-corrected chi connectivity index (χ3v) is 2.55. The molecule has 0 saturated heterocycles. The Morgan fingerprint density at radius 3 is 2.62 bits per heavy atom. The fraction of sp³-hybridized carbons (Fsp3) is 0. The number of aromatic carboxylic acids is 1. The van der Waals surface area contributed by atoms with E-state index in [4.69, 9.17) is 16.7 Å². The van der Waals surface area contributed by atoms with Crippen molar-refractivity contribution in [3.63, 3.8) is 0 Å². The van der Waals surface area contributed by atoms with Gasteiger partial charge in [0.1, 0.15) is 0 Å². The third-order valence-electron chi connectivity index (χ3n) is 2.24. The van der Waals surface area contributed by atoms with Crippen LogP contribution in [0.25, 0.3) is 11.1 Å². The van der Waals surface area contributed by atoms with Crippen LogP contribution in [0.2, 0.25) is 5.02 Å². The van der Waals surface area contributed by atoms with Crippen molar-refractivity contribution >= 4 is 17.6 Å². The fourth-order valence-corrected chi connectivity index (χ4v) is 1.70. The van der Waals surface area contributed by atoms with Crippen molar-refractivity contribution in [2.75, 3.05) is 0 Å². The molecule has 0 bridgehead atoms. The zero-order valence-electron chi connectivity index (χ0n) is 8.27. The zero-order valence-corrected chi connectivity index (χ0v) is 9.03. The van der Waals surface area contributed by atoms with Crippen LogP contribution in [0.4, 0.5) is 0 Å². The Morgan fingerprint density at radius 2 is 2.06 bits per heavy atom. The van der Waals surface area contributed by atoms with Gasteiger partial charge in [0.15, 0.2) is 0 Å². The monoisotopic (exact) mass is 231 g/mol. The predicted octanol–water partition coefficient (Wildman–Crippen LogP) is 3.51. The van der Waals surface area contributed by atoms with Gasteiger partial charge < -0.3 is 5.11 Å². The lowest BCUT2D eigenvalue weighted by atomic mass is 10.0. The van der Waals surface area contributed by atoms with Crippen molar-refractivity contribution < 1.29 is 9.90 Å². The molecule has 0 fully saturated rings. The molecule has 2 rings (SSSR count). The van der Waals surface area contributed by atoms with Crippen molar-refractivity contribution in [3.05, 3.63) is 59.1 Å². The maximum atomic E-state index is 10.8. The normalized spacial score (nSPS) is 10.1. The Labute approximate surface area is 98.1 Å². The number of benzene rings is 2. The first kappa shape index (κ1) is 10.7. The molecular formula is C13H8ClO2. The summed E-state index contributed by atoms with van der Waals surface area (Å²) in [6, 6.07) is 15.3. The molecule has 16 heavy (non-hydrogen) atoms. The van der Waals surface area contributed by atoms with Crippen molar-refractivity contribution in [2.45, 2.75) is 0 Å². The van der Waals surface area contributed by atoms with Gasteiger partial charge in [0.05, 0.1) is 10.6 Å². The molecule has 1 radical (unpaired) electrons. The molecule has 0 saturated carbocycles. The van der Waals surface area contributed by atoms with Crippen molar-refractivity contribution in [1.29, 1.82) is 0 Å². The molecule has 2 aromatic rings. The van der Waals surface area contributed by atoms with E-state index in [1.54, 1.807) is 18.2 Å². The molecule has 2 aromatic carbocycles. The number of rotatable bonds is 2. The molecule has 0 aromatic heterocycles. The highest BCUT2D eigenvalue weighted by Gasteiger charge is 2.09. The van der Waals surface area contributed by atoms with E-state index in [2.05, 4.69) is 6.07 Å². The lowest BCUT2D eigenvalue weighted by molar-refractivity contribution is 0.0697. The summed E-state index contributed by atoms with van der Waals surface area (Å²) < 4.78 is 0. The average Bonchev–Trinajstić information content (AvgIpc) is 2.29. The molecule has 0 spiro atoms. The number of hydrogen-bond donors (Lipinski definition) is 1. The van der Waals surface area contributed by atoms with Crippen LogP contribution in [-0.2, 0) is 0 Å². The Hall–Kier alpha value is -1.80.